The quantitative estimate of drug-likeness (QED) is 0.299. The van der Waals surface area contributed by atoms with E-state index in [9.17, 15) is 13.5 Å². The lowest BCUT2D eigenvalue weighted by Gasteiger charge is -2.31. The number of fused-ring (bicyclic) bond motifs is 1. The summed E-state index contributed by atoms with van der Waals surface area (Å²) < 4.78 is 48.8. The van der Waals surface area contributed by atoms with Crippen LogP contribution in [0, 0.1) is 19.7 Å². The summed E-state index contributed by atoms with van der Waals surface area (Å²) in [5.41, 5.74) is -0.122. The molecule has 0 saturated carbocycles. The number of benzene rings is 1. The summed E-state index contributed by atoms with van der Waals surface area (Å²) in [5.74, 6) is -0.613. The highest BCUT2D eigenvalue weighted by molar-refractivity contribution is 7.92. The number of anilines is 1. The first-order valence-corrected chi connectivity index (χ1v) is 13.8. The largest absolute Gasteiger partial charge is 0.373 e. The molecule has 0 spiro atoms. The van der Waals surface area contributed by atoms with Crippen LogP contribution in [-0.4, -0.2) is 45.1 Å². The summed E-state index contributed by atoms with van der Waals surface area (Å²) in [6.45, 7) is 5.09. The van der Waals surface area contributed by atoms with Crippen LogP contribution < -0.4 is 4.72 Å². The molecule has 1 aromatic carbocycles. The van der Waals surface area contributed by atoms with Gasteiger partial charge in [-0.25, -0.2) is 17.8 Å². The van der Waals surface area contributed by atoms with Crippen molar-refractivity contribution < 1.29 is 22.4 Å². The summed E-state index contributed by atoms with van der Waals surface area (Å²) in [6.07, 6.45) is 6.48. The summed E-state index contributed by atoms with van der Waals surface area (Å²) in [5, 5.41) is 16.4. The van der Waals surface area contributed by atoms with Crippen molar-refractivity contribution in [3.8, 4) is 11.1 Å². The molecule has 10 nitrogen and oxygen atoms in total. The first-order chi connectivity index (χ1) is 18.2. The van der Waals surface area contributed by atoms with Crippen molar-refractivity contribution >= 4 is 32.7 Å². The third-order valence-electron chi connectivity index (χ3n) is 6.46. The van der Waals surface area contributed by atoms with Gasteiger partial charge in [0.1, 0.15) is 16.8 Å². The lowest BCUT2D eigenvalue weighted by atomic mass is 9.80. The molecular weight excluding hydrogens is 511 g/mol. The SMILES string of the molecule is CCCS(=O)(=O)Nc1nc2c(C(O)(C3=NC=CCC3)c3ccccn3)cc(-c3c(C)noc3C)c(F)c2[nH]1. The fourth-order valence-corrected chi connectivity index (χ4v) is 5.80. The van der Waals surface area contributed by atoms with Crippen molar-refractivity contribution in [2.24, 2.45) is 4.99 Å². The minimum absolute atomic E-state index is 0.0395. The maximum absolute atomic E-state index is 16.1. The Morgan fingerprint density at radius 2 is 2.11 bits per heavy atom. The number of aliphatic hydroxyl groups is 1. The molecule has 0 bridgehead atoms. The number of imidazole rings is 1. The van der Waals surface area contributed by atoms with Crippen LogP contribution in [0.25, 0.3) is 22.2 Å². The maximum atomic E-state index is 16.1. The van der Waals surface area contributed by atoms with E-state index in [1.54, 1.807) is 51.4 Å². The number of H-pyrrole nitrogens is 1. The van der Waals surface area contributed by atoms with Gasteiger partial charge in [-0.3, -0.25) is 14.7 Å². The van der Waals surface area contributed by atoms with Crippen LogP contribution in [0.2, 0.25) is 0 Å². The molecule has 12 heteroatoms. The van der Waals surface area contributed by atoms with Crippen molar-refractivity contribution in [3.63, 3.8) is 0 Å². The molecule has 3 N–H and O–H groups in total. The van der Waals surface area contributed by atoms with E-state index in [0.29, 0.717) is 42.0 Å². The van der Waals surface area contributed by atoms with Crippen molar-refractivity contribution in [2.45, 2.75) is 45.6 Å². The summed E-state index contributed by atoms with van der Waals surface area (Å²) in [7, 11) is -3.73. The van der Waals surface area contributed by atoms with Crippen molar-refractivity contribution in [2.75, 3.05) is 10.5 Å². The normalized spacial score (nSPS) is 15.4. The Bertz CT molecular complexity index is 1660. The van der Waals surface area contributed by atoms with Crippen molar-refractivity contribution in [3.05, 3.63) is 71.3 Å². The van der Waals surface area contributed by atoms with E-state index in [0.717, 1.165) is 0 Å². The number of halogens is 1. The van der Waals surface area contributed by atoms with Gasteiger partial charge in [-0.1, -0.05) is 24.2 Å². The van der Waals surface area contributed by atoms with Crippen LogP contribution >= 0.6 is 0 Å². The highest BCUT2D eigenvalue weighted by Crippen LogP contribution is 2.42. The van der Waals surface area contributed by atoms with Crippen LogP contribution in [0.4, 0.5) is 10.3 Å². The Balaban J connectivity index is 1.86. The molecule has 4 aromatic rings. The number of aryl methyl sites for hydroxylation is 2. The van der Waals surface area contributed by atoms with Crippen molar-refractivity contribution in [1.82, 2.24) is 20.1 Å². The van der Waals surface area contributed by atoms with Gasteiger partial charge in [0, 0.05) is 23.5 Å². The van der Waals surface area contributed by atoms with Gasteiger partial charge in [-0.05, 0) is 51.3 Å². The number of aliphatic imine (C=N–C) groups is 1. The number of sulfonamides is 1. The van der Waals surface area contributed by atoms with Crippen LogP contribution in [0.15, 0.2) is 52.3 Å². The average molecular weight is 539 g/mol. The summed E-state index contributed by atoms with van der Waals surface area (Å²) >= 11 is 0. The predicted octanol–water partition coefficient (Wildman–Crippen LogP) is 4.50. The van der Waals surface area contributed by atoms with E-state index in [2.05, 4.69) is 29.8 Å². The first-order valence-electron chi connectivity index (χ1n) is 12.2. The lowest BCUT2D eigenvalue weighted by Crippen LogP contribution is -2.38. The number of hydrogen-bond donors (Lipinski definition) is 3. The highest BCUT2D eigenvalue weighted by Gasteiger charge is 2.42. The molecule has 1 unspecified atom stereocenters. The maximum Gasteiger partial charge on any atom is 0.234 e. The van der Waals surface area contributed by atoms with Gasteiger partial charge < -0.3 is 14.6 Å². The molecule has 198 valence electrons. The topological polar surface area (TPSA) is 146 Å². The minimum atomic E-state index is -3.73. The molecule has 1 aliphatic rings. The van der Waals surface area contributed by atoms with Gasteiger partial charge in [0.15, 0.2) is 11.4 Å². The molecule has 0 saturated heterocycles. The van der Waals surface area contributed by atoms with Crippen LogP contribution in [0.1, 0.15) is 48.9 Å². The van der Waals surface area contributed by atoms with Gasteiger partial charge >= 0.3 is 0 Å². The molecule has 0 radical (unpaired) electrons. The third-order valence-corrected chi connectivity index (χ3v) is 7.91. The zero-order valence-corrected chi connectivity index (χ0v) is 21.9. The number of aromatic nitrogens is 4. The molecule has 1 aliphatic heterocycles. The van der Waals surface area contributed by atoms with E-state index in [4.69, 9.17) is 4.52 Å². The number of nitrogens with one attached hydrogen (secondary N) is 2. The van der Waals surface area contributed by atoms with Gasteiger partial charge in [-0.15, -0.1) is 0 Å². The Morgan fingerprint density at radius 3 is 2.74 bits per heavy atom. The molecule has 0 amide bonds. The predicted molar refractivity (Wildman–Crippen MR) is 142 cm³/mol. The Morgan fingerprint density at radius 1 is 1.29 bits per heavy atom. The Labute approximate surface area is 218 Å². The van der Waals surface area contributed by atoms with Crippen LogP contribution in [0.3, 0.4) is 0 Å². The van der Waals surface area contributed by atoms with E-state index >= 15 is 4.39 Å². The zero-order valence-electron chi connectivity index (χ0n) is 21.1. The van der Waals surface area contributed by atoms with E-state index in [-0.39, 0.29) is 39.6 Å². The average Bonchev–Trinajstić information content (AvgIpc) is 3.47. The fraction of sp³-hybridized carbons (Fsp3) is 0.308. The van der Waals surface area contributed by atoms with Gasteiger partial charge in [0.2, 0.25) is 16.0 Å². The smallest absolute Gasteiger partial charge is 0.234 e. The second-order valence-electron chi connectivity index (χ2n) is 9.14. The first kappa shape index (κ1) is 25.7. The van der Waals surface area contributed by atoms with Crippen LogP contribution in [-0.2, 0) is 15.6 Å². The molecule has 5 rings (SSSR count). The number of aromatic amines is 1. The number of hydrogen-bond acceptors (Lipinski definition) is 8. The Hall–Kier alpha value is -3.90. The second kappa shape index (κ2) is 9.76. The summed E-state index contributed by atoms with van der Waals surface area (Å²) in [6, 6.07) is 6.60. The monoisotopic (exact) mass is 538 g/mol. The Kier molecular flexibility index (Phi) is 6.61. The fourth-order valence-electron chi connectivity index (χ4n) is 4.77. The van der Waals surface area contributed by atoms with Gasteiger partial charge in [0.05, 0.1) is 28.4 Å². The molecular formula is C26H27FN6O4S. The third kappa shape index (κ3) is 4.39. The number of pyridine rings is 1. The standard InChI is InChI=1S/C26H27FN6O4S/c1-4-13-38(35,36)33-25-30-23-18(14-17(22(27)24(23)31-25)21-15(2)32-37-16(21)3)26(34,19-9-5-7-11-28-19)20-10-6-8-12-29-20/h5,7-9,11-12,14,34H,4,6,10,13H2,1-3H3,(H2,30,31,33). The number of rotatable bonds is 8. The van der Waals surface area contributed by atoms with Gasteiger partial charge in [-0.2, -0.15) is 0 Å². The number of nitrogens with zero attached hydrogens (tertiary/aromatic N) is 4. The minimum Gasteiger partial charge on any atom is -0.373 e. The van der Waals surface area contributed by atoms with Gasteiger partial charge in [0.25, 0.3) is 0 Å². The van der Waals surface area contributed by atoms with E-state index in [1.807, 2.05) is 6.08 Å². The summed E-state index contributed by atoms with van der Waals surface area (Å²) in [4.78, 5) is 16.1. The van der Waals surface area contributed by atoms with Crippen LogP contribution in [0.5, 0.6) is 0 Å². The van der Waals surface area contributed by atoms with E-state index in [1.165, 1.54) is 6.07 Å². The zero-order chi connectivity index (χ0) is 27.1. The molecule has 38 heavy (non-hydrogen) atoms. The molecule has 0 fully saturated rings. The molecule has 0 aliphatic carbocycles. The molecule has 3 aromatic heterocycles. The van der Waals surface area contributed by atoms with Crippen molar-refractivity contribution in [1.29, 1.82) is 0 Å². The molecule has 1 atom stereocenters. The molecule has 4 heterocycles. The second-order valence-corrected chi connectivity index (χ2v) is 11.0. The lowest BCUT2D eigenvalue weighted by molar-refractivity contribution is 0.149. The van der Waals surface area contributed by atoms with E-state index < -0.39 is 21.4 Å². The highest BCUT2D eigenvalue weighted by atomic mass is 32.2. The number of allylic oxidation sites excluding steroid dienone is 1.